The molecule has 0 spiro atoms. The van der Waals surface area contributed by atoms with Crippen molar-refractivity contribution in [1.29, 1.82) is 5.41 Å². The summed E-state index contributed by atoms with van der Waals surface area (Å²) in [4.78, 5) is 14.4. The molecule has 3 heterocycles. The van der Waals surface area contributed by atoms with Gasteiger partial charge < -0.3 is 26.0 Å². The molecule has 7 nitrogen and oxygen atoms in total. The van der Waals surface area contributed by atoms with Crippen molar-refractivity contribution in [1.82, 2.24) is 15.5 Å². The van der Waals surface area contributed by atoms with Crippen LogP contribution in [0.5, 0.6) is 5.75 Å². The Morgan fingerprint density at radius 3 is 2.84 bits per heavy atom. The van der Waals surface area contributed by atoms with Gasteiger partial charge in [0.05, 0.1) is 13.1 Å². The predicted molar refractivity (Wildman–Crippen MR) is 96.9 cm³/mol. The molecule has 3 saturated heterocycles. The fourth-order valence-corrected chi connectivity index (χ4v) is 3.60. The van der Waals surface area contributed by atoms with Crippen molar-refractivity contribution in [2.75, 3.05) is 39.3 Å². The zero-order chi connectivity index (χ0) is 17.6. The smallest absolute Gasteiger partial charge is 0.234 e. The van der Waals surface area contributed by atoms with Crippen molar-refractivity contribution in [3.05, 3.63) is 29.8 Å². The standard InChI is InChI=1S/C18H27N5O2/c19-18(20)14-2-1-3-15(10-14)25-9-6-21-17(24)11-22-16-12-23-7-4-13(16)5-8-23/h1-3,10,13,16,22H,4-9,11-12H2,(H3,19,20)(H,21,24). The maximum absolute atomic E-state index is 12.0. The van der Waals surface area contributed by atoms with E-state index in [4.69, 9.17) is 15.9 Å². The first-order valence-corrected chi connectivity index (χ1v) is 8.91. The number of hydrogen-bond donors (Lipinski definition) is 4. The molecule has 1 aromatic carbocycles. The van der Waals surface area contributed by atoms with E-state index in [9.17, 15) is 4.79 Å². The highest BCUT2D eigenvalue weighted by Crippen LogP contribution is 2.27. The molecule has 3 aliphatic heterocycles. The summed E-state index contributed by atoms with van der Waals surface area (Å²) < 4.78 is 5.59. The largest absolute Gasteiger partial charge is 0.492 e. The molecule has 3 fully saturated rings. The second-order valence-electron chi connectivity index (χ2n) is 6.77. The lowest BCUT2D eigenvalue weighted by atomic mass is 9.84. The van der Waals surface area contributed by atoms with Gasteiger partial charge in [0.1, 0.15) is 18.2 Å². The summed E-state index contributed by atoms with van der Waals surface area (Å²) in [5, 5.41) is 13.7. The summed E-state index contributed by atoms with van der Waals surface area (Å²) in [6.07, 6.45) is 2.49. The first kappa shape index (κ1) is 17.7. The normalized spacial score (nSPS) is 24.7. The van der Waals surface area contributed by atoms with Crippen LogP contribution < -0.4 is 21.1 Å². The Balaban J connectivity index is 1.32. The SMILES string of the molecule is N=C(N)c1cccc(OCCNC(=O)CNC2CN3CCC2CC3)c1. The van der Waals surface area contributed by atoms with Gasteiger partial charge in [-0.05, 0) is 44.0 Å². The average Bonchev–Trinajstić information content (AvgIpc) is 2.65. The number of carbonyl (C=O) groups excluding carboxylic acids is 1. The molecule has 1 unspecified atom stereocenters. The van der Waals surface area contributed by atoms with Gasteiger partial charge in [0.2, 0.25) is 5.91 Å². The number of nitrogen functional groups attached to an aromatic ring is 1. The Kier molecular flexibility index (Phi) is 5.88. The van der Waals surface area contributed by atoms with Crippen LogP contribution >= 0.6 is 0 Å². The summed E-state index contributed by atoms with van der Waals surface area (Å²) >= 11 is 0. The van der Waals surface area contributed by atoms with Gasteiger partial charge in [-0.25, -0.2) is 0 Å². The number of carbonyl (C=O) groups is 1. The monoisotopic (exact) mass is 345 g/mol. The van der Waals surface area contributed by atoms with Gasteiger partial charge in [-0.1, -0.05) is 12.1 Å². The lowest BCUT2D eigenvalue weighted by Gasteiger charge is -2.45. The van der Waals surface area contributed by atoms with Gasteiger partial charge in [0.15, 0.2) is 0 Å². The maximum atomic E-state index is 12.0. The second-order valence-corrected chi connectivity index (χ2v) is 6.77. The van der Waals surface area contributed by atoms with Crippen molar-refractivity contribution in [3.63, 3.8) is 0 Å². The zero-order valence-electron chi connectivity index (χ0n) is 14.5. The van der Waals surface area contributed by atoms with Crippen molar-refractivity contribution in [3.8, 4) is 5.75 Å². The average molecular weight is 345 g/mol. The Labute approximate surface area is 148 Å². The second kappa shape index (κ2) is 8.31. The van der Waals surface area contributed by atoms with Crippen LogP contribution in [0.4, 0.5) is 0 Å². The van der Waals surface area contributed by atoms with E-state index in [0.717, 1.165) is 12.5 Å². The summed E-state index contributed by atoms with van der Waals surface area (Å²) in [6, 6.07) is 7.53. The summed E-state index contributed by atoms with van der Waals surface area (Å²) in [6.45, 7) is 4.66. The molecule has 3 aliphatic rings. The lowest BCUT2D eigenvalue weighted by molar-refractivity contribution is -0.120. The van der Waals surface area contributed by atoms with Crippen LogP contribution in [-0.4, -0.2) is 62.0 Å². The Bertz CT molecular complexity index is 613. The Morgan fingerprint density at radius 2 is 2.16 bits per heavy atom. The number of benzene rings is 1. The fourth-order valence-electron chi connectivity index (χ4n) is 3.60. The first-order chi connectivity index (χ1) is 12.1. The third kappa shape index (κ3) is 4.93. The van der Waals surface area contributed by atoms with Crippen molar-refractivity contribution in [2.24, 2.45) is 11.7 Å². The molecule has 4 rings (SSSR count). The number of ether oxygens (including phenoxy) is 1. The molecule has 0 radical (unpaired) electrons. The van der Waals surface area contributed by atoms with Crippen LogP contribution in [0.2, 0.25) is 0 Å². The number of nitrogens with zero attached hydrogens (tertiary/aromatic N) is 1. The summed E-state index contributed by atoms with van der Waals surface area (Å²) in [5.74, 6) is 1.37. The quantitative estimate of drug-likeness (QED) is 0.305. The van der Waals surface area contributed by atoms with E-state index in [2.05, 4.69) is 15.5 Å². The van der Waals surface area contributed by atoms with E-state index in [1.54, 1.807) is 18.2 Å². The first-order valence-electron chi connectivity index (χ1n) is 8.91. The van der Waals surface area contributed by atoms with E-state index in [1.165, 1.54) is 25.9 Å². The third-order valence-corrected chi connectivity index (χ3v) is 5.02. The van der Waals surface area contributed by atoms with Gasteiger partial charge in [0.25, 0.3) is 0 Å². The van der Waals surface area contributed by atoms with Crippen molar-refractivity contribution < 1.29 is 9.53 Å². The number of hydrogen-bond acceptors (Lipinski definition) is 5. The number of amidine groups is 1. The van der Waals surface area contributed by atoms with Crippen LogP contribution in [0, 0.1) is 11.3 Å². The molecule has 1 amide bonds. The minimum absolute atomic E-state index is 0.00228. The summed E-state index contributed by atoms with van der Waals surface area (Å²) in [5.41, 5.74) is 6.08. The molecule has 0 aromatic heterocycles. The number of nitrogens with two attached hydrogens (primary N) is 1. The van der Waals surface area contributed by atoms with E-state index >= 15 is 0 Å². The van der Waals surface area contributed by atoms with E-state index < -0.39 is 0 Å². The summed E-state index contributed by atoms with van der Waals surface area (Å²) in [7, 11) is 0. The molecule has 2 bridgehead atoms. The van der Waals surface area contributed by atoms with Crippen LogP contribution in [0.3, 0.4) is 0 Å². The number of fused-ring (bicyclic) bond motifs is 3. The lowest BCUT2D eigenvalue weighted by Crippen LogP contribution is -2.57. The molecule has 1 aromatic rings. The van der Waals surface area contributed by atoms with E-state index in [-0.39, 0.29) is 11.7 Å². The number of amides is 1. The molecular formula is C18H27N5O2. The predicted octanol–water partition coefficient (Wildman–Crippen LogP) is 0.149. The minimum atomic E-state index is -0.00228. The zero-order valence-corrected chi connectivity index (χ0v) is 14.5. The van der Waals surface area contributed by atoms with Gasteiger partial charge in [-0.3, -0.25) is 10.2 Å². The topological polar surface area (TPSA) is 103 Å². The Morgan fingerprint density at radius 1 is 1.36 bits per heavy atom. The van der Waals surface area contributed by atoms with E-state index in [0.29, 0.717) is 37.1 Å². The molecule has 1 atom stereocenters. The molecule has 136 valence electrons. The maximum Gasteiger partial charge on any atom is 0.234 e. The van der Waals surface area contributed by atoms with Crippen LogP contribution in [0.1, 0.15) is 18.4 Å². The van der Waals surface area contributed by atoms with Gasteiger partial charge in [-0.15, -0.1) is 0 Å². The van der Waals surface area contributed by atoms with Gasteiger partial charge in [-0.2, -0.15) is 0 Å². The fraction of sp³-hybridized carbons (Fsp3) is 0.556. The van der Waals surface area contributed by atoms with Crippen LogP contribution in [0.15, 0.2) is 24.3 Å². The molecule has 7 heteroatoms. The molecule has 0 aliphatic carbocycles. The van der Waals surface area contributed by atoms with E-state index in [1.807, 2.05) is 6.07 Å². The molecular weight excluding hydrogens is 318 g/mol. The Hall–Kier alpha value is -2.12. The minimum Gasteiger partial charge on any atom is -0.492 e. The molecule has 5 N–H and O–H groups in total. The third-order valence-electron chi connectivity index (χ3n) is 5.02. The van der Waals surface area contributed by atoms with Crippen molar-refractivity contribution >= 4 is 11.7 Å². The van der Waals surface area contributed by atoms with Gasteiger partial charge >= 0.3 is 0 Å². The highest BCUT2D eigenvalue weighted by Gasteiger charge is 2.33. The molecule has 0 saturated carbocycles. The van der Waals surface area contributed by atoms with Crippen molar-refractivity contribution in [2.45, 2.75) is 18.9 Å². The van der Waals surface area contributed by atoms with Crippen LogP contribution in [-0.2, 0) is 4.79 Å². The number of rotatable bonds is 8. The molecule has 25 heavy (non-hydrogen) atoms. The van der Waals surface area contributed by atoms with Crippen LogP contribution in [0.25, 0.3) is 0 Å². The highest BCUT2D eigenvalue weighted by molar-refractivity contribution is 5.95. The number of nitrogens with one attached hydrogen (secondary N) is 3. The van der Waals surface area contributed by atoms with Gasteiger partial charge in [0, 0.05) is 18.2 Å². The number of piperidine rings is 3. The highest BCUT2D eigenvalue weighted by atomic mass is 16.5.